The van der Waals surface area contributed by atoms with E-state index in [0.717, 1.165) is 5.56 Å². The van der Waals surface area contributed by atoms with Crippen LogP contribution in [0.2, 0.25) is 0 Å². The maximum Gasteiger partial charge on any atom is 0.241 e. The van der Waals surface area contributed by atoms with E-state index in [2.05, 4.69) is 9.88 Å². The average molecular weight is 295 g/mol. The Kier molecular flexibility index (Phi) is 4.10. The summed E-state index contributed by atoms with van der Waals surface area (Å²) in [6.45, 7) is 3.72. The average Bonchev–Trinajstić information content (AvgIpc) is 2.82. The fourth-order valence-corrected chi connectivity index (χ4v) is 3.19. The number of nitrogen functional groups attached to an aromatic ring is 1. The third kappa shape index (κ3) is 3.17. The van der Waals surface area contributed by atoms with Gasteiger partial charge in [-0.3, -0.25) is 0 Å². The highest BCUT2D eigenvalue weighted by Gasteiger charge is 2.18. The molecule has 0 saturated heterocycles. The summed E-state index contributed by atoms with van der Waals surface area (Å²) in [7, 11) is -3.63. The molecule has 0 saturated carbocycles. The molecule has 0 unspecified atom stereocenters. The van der Waals surface area contributed by atoms with Crippen LogP contribution in [0, 0.1) is 6.92 Å². The van der Waals surface area contributed by atoms with Gasteiger partial charge < -0.3 is 10.3 Å². The van der Waals surface area contributed by atoms with E-state index in [4.69, 9.17) is 10.3 Å². The van der Waals surface area contributed by atoms with Crippen molar-refractivity contribution < 1.29 is 12.9 Å². The van der Waals surface area contributed by atoms with Gasteiger partial charge in [-0.25, -0.2) is 13.1 Å². The van der Waals surface area contributed by atoms with Gasteiger partial charge in [0.1, 0.15) is 0 Å². The molecule has 6 nitrogen and oxygen atoms in total. The Balaban J connectivity index is 2.24. The Morgan fingerprint density at radius 1 is 1.35 bits per heavy atom. The molecule has 2 rings (SSSR count). The molecule has 0 aliphatic carbocycles. The highest BCUT2D eigenvalue weighted by Crippen LogP contribution is 2.20. The van der Waals surface area contributed by atoms with E-state index in [9.17, 15) is 8.42 Å². The maximum atomic E-state index is 12.3. The number of nitrogens with one attached hydrogen (secondary N) is 1. The molecular weight excluding hydrogens is 278 g/mol. The van der Waals surface area contributed by atoms with Crippen LogP contribution in [-0.2, 0) is 23.0 Å². The lowest BCUT2D eigenvalue weighted by Crippen LogP contribution is -2.24. The van der Waals surface area contributed by atoms with Crippen molar-refractivity contribution in [3.8, 4) is 0 Å². The lowest BCUT2D eigenvalue weighted by molar-refractivity contribution is 0.377. The standard InChI is InChI=1S/C13H17N3O3S/c1-3-10-4-5-11(14)7-13(10)20(17,18)15-8-12-6-9(2)16-19-12/h4-7,15H,3,8,14H2,1-2H3. The molecule has 1 aromatic carbocycles. The minimum atomic E-state index is -3.63. The number of sulfonamides is 1. The van der Waals surface area contributed by atoms with Crippen molar-refractivity contribution >= 4 is 15.7 Å². The number of nitrogens with zero attached hydrogens (tertiary/aromatic N) is 1. The number of benzene rings is 1. The van der Waals surface area contributed by atoms with Gasteiger partial charge in [0.15, 0.2) is 5.76 Å². The molecule has 0 bridgehead atoms. The Bertz CT molecular complexity index is 707. The Labute approximate surface area is 118 Å². The SMILES string of the molecule is CCc1ccc(N)cc1S(=O)(=O)NCc1cc(C)no1. The van der Waals surface area contributed by atoms with Crippen molar-refractivity contribution in [3.63, 3.8) is 0 Å². The quantitative estimate of drug-likeness (QED) is 0.816. The van der Waals surface area contributed by atoms with Crippen LogP contribution in [0.25, 0.3) is 0 Å². The third-order valence-corrected chi connectivity index (χ3v) is 4.36. The zero-order chi connectivity index (χ0) is 14.8. The zero-order valence-electron chi connectivity index (χ0n) is 11.4. The van der Waals surface area contributed by atoms with Crippen molar-refractivity contribution in [2.45, 2.75) is 31.7 Å². The van der Waals surface area contributed by atoms with E-state index in [1.54, 1.807) is 25.1 Å². The van der Waals surface area contributed by atoms with E-state index in [1.807, 2.05) is 6.92 Å². The van der Waals surface area contributed by atoms with E-state index in [0.29, 0.717) is 23.6 Å². The molecule has 0 atom stereocenters. The van der Waals surface area contributed by atoms with Crippen LogP contribution in [-0.4, -0.2) is 13.6 Å². The van der Waals surface area contributed by atoms with E-state index < -0.39 is 10.0 Å². The first-order valence-corrected chi connectivity index (χ1v) is 7.71. The van der Waals surface area contributed by atoms with Crippen LogP contribution < -0.4 is 10.5 Å². The van der Waals surface area contributed by atoms with Crippen LogP contribution in [0.5, 0.6) is 0 Å². The number of aryl methyl sites for hydroxylation is 2. The molecule has 0 aliphatic heterocycles. The lowest BCUT2D eigenvalue weighted by Gasteiger charge is -2.10. The molecular formula is C13H17N3O3S. The predicted molar refractivity (Wildman–Crippen MR) is 75.5 cm³/mol. The summed E-state index contributed by atoms with van der Waals surface area (Å²) in [5.41, 5.74) is 7.51. The maximum absolute atomic E-state index is 12.3. The molecule has 7 heteroatoms. The topological polar surface area (TPSA) is 98.2 Å². The summed E-state index contributed by atoms with van der Waals surface area (Å²) < 4.78 is 32.1. The van der Waals surface area contributed by atoms with Gasteiger partial charge in [0.25, 0.3) is 0 Å². The first kappa shape index (κ1) is 14.5. The van der Waals surface area contributed by atoms with Gasteiger partial charge in [-0.05, 0) is 31.0 Å². The van der Waals surface area contributed by atoms with Gasteiger partial charge in [-0.15, -0.1) is 0 Å². The summed E-state index contributed by atoms with van der Waals surface area (Å²) >= 11 is 0. The van der Waals surface area contributed by atoms with Crippen LogP contribution in [0.1, 0.15) is 23.9 Å². The molecule has 0 aliphatic rings. The second-order valence-electron chi connectivity index (χ2n) is 4.48. The Morgan fingerprint density at radius 2 is 2.10 bits per heavy atom. The smallest absolute Gasteiger partial charge is 0.241 e. The van der Waals surface area contributed by atoms with Gasteiger partial charge in [-0.2, -0.15) is 0 Å². The molecule has 0 fully saturated rings. The van der Waals surface area contributed by atoms with Gasteiger partial charge in [-0.1, -0.05) is 18.1 Å². The Hall–Kier alpha value is -1.86. The number of anilines is 1. The monoisotopic (exact) mass is 295 g/mol. The molecule has 0 radical (unpaired) electrons. The molecule has 0 spiro atoms. The van der Waals surface area contributed by atoms with Gasteiger partial charge in [0, 0.05) is 11.8 Å². The highest BCUT2D eigenvalue weighted by atomic mass is 32.2. The van der Waals surface area contributed by atoms with Crippen molar-refractivity contribution in [1.82, 2.24) is 9.88 Å². The summed E-state index contributed by atoms with van der Waals surface area (Å²) in [5, 5.41) is 3.71. The molecule has 2 aromatic rings. The van der Waals surface area contributed by atoms with E-state index >= 15 is 0 Å². The minimum absolute atomic E-state index is 0.0567. The van der Waals surface area contributed by atoms with Crippen molar-refractivity contribution in [2.24, 2.45) is 0 Å². The fraction of sp³-hybridized carbons (Fsp3) is 0.308. The lowest BCUT2D eigenvalue weighted by atomic mass is 10.1. The second kappa shape index (κ2) is 5.64. The molecule has 1 aromatic heterocycles. The first-order valence-electron chi connectivity index (χ1n) is 6.22. The van der Waals surface area contributed by atoms with Crippen LogP contribution in [0.15, 0.2) is 33.7 Å². The van der Waals surface area contributed by atoms with Crippen molar-refractivity contribution in [1.29, 1.82) is 0 Å². The molecule has 1 heterocycles. The second-order valence-corrected chi connectivity index (χ2v) is 6.22. The highest BCUT2D eigenvalue weighted by molar-refractivity contribution is 7.89. The zero-order valence-corrected chi connectivity index (χ0v) is 12.2. The van der Waals surface area contributed by atoms with Crippen molar-refractivity contribution in [3.05, 3.63) is 41.3 Å². The van der Waals surface area contributed by atoms with Gasteiger partial charge in [0.05, 0.1) is 17.1 Å². The fourth-order valence-electron chi connectivity index (χ4n) is 1.86. The van der Waals surface area contributed by atoms with E-state index in [-0.39, 0.29) is 11.4 Å². The minimum Gasteiger partial charge on any atom is -0.399 e. The molecule has 3 N–H and O–H groups in total. The normalized spacial score (nSPS) is 11.7. The van der Waals surface area contributed by atoms with Crippen LogP contribution in [0.4, 0.5) is 5.69 Å². The third-order valence-electron chi connectivity index (χ3n) is 2.87. The van der Waals surface area contributed by atoms with Crippen LogP contribution in [0.3, 0.4) is 0 Å². The number of rotatable bonds is 5. The summed E-state index contributed by atoms with van der Waals surface area (Å²) in [4.78, 5) is 0.205. The predicted octanol–water partition coefficient (Wildman–Crippen LogP) is 1.61. The van der Waals surface area contributed by atoms with Gasteiger partial charge in [0.2, 0.25) is 10.0 Å². The van der Waals surface area contributed by atoms with Gasteiger partial charge >= 0.3 is 0 Å². The summed E-state index contributed by atoms with van der Waals surface area (Å²) in [6.07, 6.45) is 0.609. The first-order chi connectivity index (χ1) is 9.42. The number of hydrogen-bond acceptors (Lipinski definition) is 5. The summed E-state index contributed by atoms with van der Waals surface area (Å²) in [5.74, 6) is 0.466. The van der Waals surface area contributed by atoms with Crippen molar-refractivity contribution in [2.75, 3.05) is 5.73 Å². The number of aromatic nitrogens is 1. The van der Waals surface area contributed by atoms with E-state index in [1.165, 1.54) is 6.07 Å². The largest absolute Gasteiger partial charge is 0.399 e. The molecule has 0 amide bonds. The number of nitrogens with two attached hydrogens (primary N) is 1. The number of hydrogen-bond donors (Lipinski definition) is 2. The summed E-state index contributed by atoms with van der Waals surface area (Å²) in [6, 6.07) is 6.57. The Morgan fingerprint density at radius 3 is 2.70 bits per heavy atom. The van der Waals surface area contributed by atoms with Crippen LogP contribution >= 0.6 is 0 Å². The molecule has 108 valence electrons. The molecule has 20 heavy (non-hydrogen) atoms.